The van der Waals surface area contributed by atoms with Gasteiger partial charge in [0.1, 0.15) is 0 Å². The van der Waals surface area contributed by atoms with Gasteiger partial charge < -0.3 is 0 Å². The third-order valence-electron chi connectivity index (χ3n) is 8.21. The van der Waals surface area contributed by atoms with E-state index in [0.29, 0.717) is 0 Å². The predicted octanol–water partition coefficient (Wildman–Crippen LogP) is 13.7. The zero-order valence-corrected chi connectivity index (χ0v) is 28.0. The summed E-state index contributed by atoms with van der Waals surface area (Å²) in [5, 5.41) is 0. The van der Waals surface area contributed by atoms with Crippen molar-refractivity contribution in [2.24, 2.45) is 11.8 Å². The third-order valence-corrected chi connectivity index (χ3v) is 8.21. The van der Waals surface area contributed by atoms with E-state index in [0.717, 1.165) is 18.3 Å². The van der Waals surface area contributed by atoms with Crippen molar-refractivity contribution in [2.45, 2.75) is 136 Å². The smallest absolute Gasteiger partial charge is 0.0267 e. The Labute approximate surface area is 267 Å². The van der Waals surface area contributed by atoms with Crippen LogP contribution in [0.1, 0.15) is 136 Å². The lowest BCUT2D eigenvalue weighted by Crippen LogP contribution is -2.04. The van der Waals surface area contributed by atoms with Gasteiger partial charge >= 0.3 is 0 Å². The molecule has 1 heterocycles. The highest BCUT2D eigenvalue weighted by Crippen LogP contribution is 2.24. The number of pyridine rings is 1. The first-order valence-corrected chi connectivity index (χ1v) is 17.8. The summed E-state index contributed by atoms with van der Waals surface area (Å²) in [6.07, 6.45) is 48.0. The number of nitrogens with zero attached hydrogens (tertiary/aromatic N) is 1. The molecule has 0 aliphatic heterocycles. The van der Waals surface area contributed by atoms with Crippen LogP contribution in [0, 0.1) is 11.8 Å². The second-order valence-electron chi connectivity index (χ2n) is 12.1. The molecule has 0 bridgehead atoms. The molecule has 3 fully saturated rings. The summed E-state index contributed by atoms with van der Waals surface area (Å²) in [7, 11) is 0. The van der Waals surface area contributed by atoms with Crippen molar-refractivity contribution in [2.75, 3.05) is 0 Å². The van der Waals surface area contributed by atoms with Crippen LogP contribution in [0.3, 0.4) is 0 Å². The lowest BCUT2D eigenvalue weighted by atomic mass is 9.88. The molecule has 1 nitrogen and oxygen atoms in total. The summed E-state index contributed by atoms with van der Waals surface area (Å²) in [4.78, 5) is 3.78. The van der Waals surface area contributed by atoms with Crippen molar-refractivity contribution in [3.05, 3.63) is 116 Å². The molecule has 1 atom stereocenters. The molecule has 1 aromatic heterocycles. The number of benzene rings is 1. The lowest BCUT2D eigenvalue weighted by Gasteiger charge is -2.18. The molecule has 0 saturated heterocycles. The van der Waals surface area contributed by atoms with E-state index < -0.39 is 0 Å². The zero-order valence-electron chi connectivity index (χ0n) is 28.0. The Hall–Kier alpha value is -2.67. The van der Waals surface area contributed by atoms with Crippen LogP contribution in [0.4, 0.5) is 0 Å². The Kier molecular flexibility index (Phi) is 28.8. The van der Waals surface area contributed by atoms with E-state index in [1.807, 2.05) is 66.7 Å². The summed E-state index contributed by atoms with van der Waals surface area (Å²) >= 11 is 0. The molecule has 0 radical (unpaired) electrons. The fraction of sp³-hybridized carbons (Fsp3) is 0.548. The van der Waals surface area contributed by atoms with Gasteiger partial charge in [-0.2, -0.15) is 0 Å². The first kappa shape index (κ1) is 38.4. The normalized spacial score (nSPS) is 19.4. The van der Waals surface area contributed by atoms with Crippen LogP contribution < -0.4 is 0 Å². The molecule has 238 valence electrons. The molecule has 1 heteroatoms. The van der Waals surface area contributed by atoms with E-state index in [-0.39, 0.29) is 0 Å². The second kappa shape index (κ2) is 32.2. The van der Waals surface area contributed by atoms with Gasteiger partial charge in [0.2, 0.25) is 0 Å². The SMILES string of the molecule is C1=CC=CCC=C1.C1CCCC1.C1CCCCC1.CC1CCC1.CCC1CC=CCC1.c1ccccc1.c1ccncc1. The van der Waals surface area contributed by atoms with Gasteiger partial charge in [0.25, 0.3) is 0 Å². The topological polar surface area (TPSA) is 12.9 Å². The maximum absolute atomic E-state index is 3.78. The van der Waals surface area contributed by atoms with Crippen molar-refractivity contribution >= 4 is 0 Å². The van der Waals surface area contributed by atoms with Crippen molar-refractivity contribution in [1.29, 1.82) is 0 Å². The standard InChI is InChI=1S/C8H14.C7H8.C6H12.C6H6.C5H5N.2C5H10/c1-2-8-6-4-3-5-7-8;1-2-4-6-7-5-3-1;3*1-2-4-6-5-3-1;1-5-3-2-4-5;1-2-4-5-3-1/h3-4,8H,2,5-7H2,1H3;1-6H,7H2;1-6H2;1-6H;1-5H;5H,2-4H2,1H3;1-5H2. The van der Waals surface area contributed by atoms with Gasteiger partial charge in [-0.3, -0.25) is 4.98 Å². The summed E-state index contributed by atoms with van der Waals surface area (Å²) in [6, 6.07) is 17.7. The van der Waals surface area contributed by atoms with E-state index in [9.17, 15) is 0 Å². The summed E-state index contributed by atoms with van der Waals surface area (Å²) in [5.74, 6) is 2.06. The highest BCUT2D eigenvalue weighted by atomic mass is 14.6. The minimum absolute atomic E-state index is 1.000. The molecule has 5 aliphatic carbocycles. The Morgan fingerprint density at radius 2 is 0.907 bits per heavy atom. The largest absolute Gasteiger partial charge is 0.265 e. The first-order chi connectivity index (χ1) is 21.3. The van der Waals surface area contributed by atoms with Gasteiger partial charge in [0.05, 0.1) is 0 Å². The lowest BCUT2D eigenvalue weighted by molar-refractivity contribution is 0.346. The summed E-state index contributed by atoms with van der Waals surface area (Å²) in [6.45, 7) is 4.59. The van der Waals surface area contributed by atoms with Crippen LogP contribution in [-0.2, 0) is 0 Å². The number of rotatable bonds is 1. The Balaban J connectivity index is 0.000000252. The van der Waals surface area contributed by atoms with E-state index >= 15 is 0 Å². The van der Waals surface area contributed by atoms with Gasteiger partial charge in [-0.15, -0.1) is 0 Å². The second-order valence-corrected chi connectivity index (χ2v) is 12.1. The molecule has 0 spiro atoms. The van der Waals surface area contributed by atoms with Crippen molar-refractivity contribution in [3.63, 3.8) is 0 Å². The molecule has 1 aromatic carbocycles. The number of hydrogen-bond donors (Lipinski definition) is 0. The van der Waals surface area contributed by atoms with E-state index in [1.54, 1.807) is 12.4 Å². The van der Waals surface area contributed by atoms with Crippen LogP contribution in [0.5, 0.6) is 0 Å². The van der Waals surface area contributed by atoms with Gasteiger partial charge in [0, 0.05) is 12.4 Å². The van der Waals surface area contributed by atoms with Gasteiger partial charge in [-0.1, -0.05) is 201 Å². The molecule has 0 N–H and O–H groups in total. The monoisotopic (exact) mass is 584 g/mol. The minimum atomic E-state index is 1.000. The summed E-state index contributed by atoms with van der Waals surface area (Å²) in [5.41, 5.74) is 0. The highest BCUT2D eigenvalue weighted by molar-refractivity contribution is 5.16. The summed E-state index contributed by atoms with van der Waals surface area (Å²) < 4.78 is 0. The molecule has 1 unspecified atom stereocenters. The molecule has 43 heavy (non-hydrogen) atoms. The highest BCUT2D eigenvalue weighted by Gasteiger charge is 2.09. The zero-order chi connectivity index (χ0) is 30.7. The maximum atomic E-state index is 3.78. The molecule has 7 rings (SSSR count). The molecule has 3 saturated carbocycles. The van der Waals surface area contributed by atoms with E-state index in [4.69, 9.17) is 0 Å². The van der Waals surface area contributed by atoms with Gasteiger partial charge in [0.15, 0.2) is 0 Å². The quantitative estimate of drug-likeness (QED) is 0.304. The van der Waals surface area contributed by atoms with Crippen molar-refractivity contribution < 1.29 is 0 Å². The fourth-order valence-electron chi connectivity index (χ4n) is 5.00. The van der Waals surface area contributed by atoms with Crippen LogP contribution in [-0.4, -0.2) is 4.98 Å². The van der Waals surface area contributed by atoms with E-state index in [2.05, 4.69) is 55.3 Å². The number of hydrogen-bond acceptors (Lipinski definition) is 1. The van der Waals surface area contributed by atoms with Crippen LogP contribution in [0.15, 0.2) is 116 Å². The van der Waals surface area contributed by atoms with Crippen molar-refractivity contribution in [3.8, 4) is 0 Å². The molecule has 2 aromatic rings. The fourth-order valence-corrected chi connectivity index (χ4v) is 5.00. The number of allylic oxidation sites excluding steroid dienone is 8. The first-order valence-electron chi connectivity index (χ1n) is 17.8. The molecule has 5 aliphatic rings. The molecular weight excluding hydrogens is 518 g/mol. The average Bonchev–Trinajstić information content (AvgIpc) is 3.55. The van der Waals surface area contributed by atoms with Gasteiger partial charge in [-0.05, 0) is 49.7 Å². The average molecular weight is 584 g/mol. The maximum Gasteiger partial charge on any atom is 0.0267 e. The van der Waals surface area contributed by atoms with E-state index in [1.165, 1.54) is 116 Å². The van der Waals surface area contributed by atoms with Crippen LogP contribution >= 0.6 is 0 Å². The predicted molar refractivity (Wildman–Crippen MR) is 193 cm³/mol. The van der Waals surface area contributed by atoms with Crippen LogP contribution in [0.25, 0.3) is 0 Å². The van der Waals surface area contributed by atoms with Crippen molar-refractivity contribution in [1.82, 2.24) is 4.98 Å². The third kappa shape index (κ3) is 29.2. The van der Waals surface area contributed by atoms with Gasteiger partial charge in [-0.25, -0.2) is 0 Å². The minimum Gasteiger partial charge on any atom is -0.265 e. The Morgan fingerprint density at radius 3 is 1.14 bits per heavy atom. The van der Waals surface area contributed by atoms with Crippen LogP contribution in [0.2, 0.25) is 0 Å². The Bertz CT molecular complexity index is 765. The molecule has 0 amide bonds. The molecular formula is C42H65N. The Morgan fingerprint density at radius 1 is 0.488 bits per heavy atom. The number of aromatic nitrogens is 1.